The highest BCUT2D eigenvalue weighted by atomic mass is 14.7. The van der Waals surface area contributed by atoms with Crippen LogP contribution in [0.4, 0.5) is 0 Å². The molecule has 0 aliphatic heterocycles. The highest BCUT2D eigenvalue weighted by Crippen LogP contribution is 2.22. The molecule has 0 aliphatic carbocycles. The number of aromatic nitrogens is 1. The van der Waals surface area contributed by atoms with E-state index in [0.717, 1.165) is 5.69 Å². The summed E-state index contributed by atoms with van der Waals surface area (Å²) in [7, 11) is 0. The van der Waals surface area contributed by atoms with E-state index in [1.807, 2.05) is 26.1 Å². The Morgan fingerprint density at radius 2 is 1.30 bits per heavy atom. The number of hydrogen-bond donors (Lipinski definition) is 0. The number of pyridine rings is 1. The summed E-state index contributed by atoms with van der Waals surface area (Å²) >= 11 is 0. The van der Waals surface area contributed by atoms with Crippen LogP contribution >= 0.6 is 0 Å². The monoisotopic (exact) mass is 359 g/mol. The van der Waals surface area contributed by atoms with Gasteiger partial charge >= 0.3 is 0 Å². The first-order chi connectivity index (χ1) is 12.7. The van der Waals surface area contributed by atoms with Gasteiger partial charge in [0, 0.05) is 11.8 Å². The van der Waals surface area contributed by atoms with E-state index in [1.54, 1.807) is 0 Å². The second-order valence-electron chi connectivity index (χ2n) is 7.33. The molecule has 2 aromatic carbocycles. The fourth-order valence-corrected chi connectivity index (χ4v) is 2.48. The molecule has 1 heterocycles. The number of allylic oxidation sites excluding steroid dienone is 1. The van der Waals surface area contributed by atoms with Crippen LogP contribution in [-0.4, -0.2) is 4.98 Å². The molecule has 27 heavy (non-hydrogen) atoms. The first-order valence-corrected chi connectivity index (χ1v) is 9.35. The Kier molecular flexibility index (Phi) is 9.22. The van der Waals surface area contributed by atoms with E-state index in [-0.39, 0.29) is 0 Å². The Labute approximate surface area is 165 Å². The van der Waals surface area contributed by atoms with Crippen LogP contribution < -0.4 is 0 Å². The van der Waals surface area contributed by atoms with Crippen molar-refractivity contribution in [3.05, 3.63) is 101 Å². The maximum atomic E-state index is 4.42. The van der Waals surface area contributed by atoms with Gasteiger partial charge in [-0.1, -0.05) is 59.2 Å². The summed E-state index contributed by atoms with van der Waals surface area (Å²) in [5, 5.41) is 0. The maximum absolute atomic E-state index is 4.42. The Bertz CT molecular complexity index is 854. The number of benzene rings is 2. The Morgan fingerprint density at radius 1 is 0.704 bits per heavy atom. The number of hydrogen-bond acceptors (Lipinski definition) is 1. The van der Waals surface area contributed by atoms with E-state index < -0.39 is 0 Å². The van der Waals surface area contributed by atoms with Gasteiger partial charge in [-0.3, -0.25) is 4.98 Å². The van der Waals surface area contributed by atoms with Crippen LogP contribution in [0.15, 0.2) is 72.9 Å². The summed E-state index contributed by atoms with van der Waals surface area (Å²) in [6.07, 6.45) is 1.84. The van der Waals surface area contributed by atoms with Gasteiger partial charge in [0.25, 0.3) is 0 Å². The molecule has 0 radical (unpaired) electrons. The predicted molar refractivity (Wildman–Crippen MR) is 120 cm³/mol. The topological polar surface area (TPSA) is 12.9 Å². The summed E-state index contributed by atoms with van der Waals surface area (Å²) in [6, 6.07) is 19.0. The standard InChI is InChI=1S/C14H15N.C8H10.C4H8/c1-10-6-7-13(9-12(10)3)14-11(2)5-4-8-15-14;1-7-4-3-5-8(2)6-7;1-4(2)3/h4-9H,1-3H3;3-6H,1-2H3;1H2,2-3H3. The lowest BCUT2D eigenvalue weighted by Gasteiger charge is -2.06. The molecule has 0 atom stereocenters. The van der Waals surface area contributed by atoms with Gasteiger partial charge in [0.15, 0.2) is 0 Å². The van der Waals surface area contributed by atoms with Crippen LogP contribution in [0.3, 0.4) is 0 Å². The zero-order valence-corrected chi connectivity index (χ0v) is 17.9. The summed E-state index contributed by atoms with van der Waals surface area (Å²) in [4.78, 5) is 4.42. The summed E-state index contributed by atoms with van der Waals surface area (Å²) < 4.78 is 0. The Morgan fingerprint density at radius 3 is 1.74 bits per heavy atom. The third-order valence-corrected chi connectivity index (χ3v) is 3.96. The van der Waals surface area contributed by atoms with Crippen LogP contribution in [0.1, 0.15) is 41.7 Å². The van der Waals surface area contributed by atoms with Gasteiger partial charge in [0.05, 0.1) is 5.69 Å². The zero-order chi connectivity index (χ0) is 20.4. The SMILES string of the molecule is C=C(C)C.Cc1ccc(-c2ncccc2C)cc1C.Cc1cccc(C)c1. The Balaban J connectivity index is 0.000000254. The van der Waals surface area contributed by atoms with E-state index in [4.69, 9.17) is 0 Å². The summed E-state index contributed by atoms with van der Waals surface area (Å²) in [5.41, 5.74) is 10.00. The molecule has 0 saturated carbocycles. The molecule has 0 spiro atoms. The van der Waals surface area contributed by atoms with Gasteiger partial charge in [-0.05, 0) is 77.3 Å². The van der Waals surface area contributed by atoms with Crippen molar-refractivity contribution in [2.45, 2.75) is 48.5 Å². The molecule has 1 aromatic heterocycles. The molecule has 0 amide bonds. The van der Waals surface area contributed by atoms with Crippen molar-refractivity contribution in [1.29, 1.82) is 0 Å². The number of aryl methyl sites for hydroxylation is 5. The van der Waals surface area contributed by atoms with E-state index in [1.165, 1.54) is 39.0 Å². The molecule has 0 bridgehead atoms. The quantitative estimate of drug-likeness (QED) is 0.408. The smallest absolute Gasteiger partial charge is 0.0731 e. The molecule has 142 valence electrons. The van der Waals surface area contributed by atoms with Gasteiger partial charge in [-0.25, -0.2) is 0 Å². The molecule has 3 aromatic rings. The minimum atomic E-state index is 1.08. The molecule has 0 fully saturated rings. The molecule has 0 aliphatic rings. The van der Waals surface area contributed by atoms with Crippen LogP contribution in [0.2, 0.25) is 0 Å². The fraction of sp³-hybridized carbons (Fsp3) is 0.269. The normalized spacial score (nSPS) is 9.44. The first kappa shape index (κ1) is 22.4. The predicted octanol–water partition coefficient (Wildman–Crippen LogP) is 7.56. The number of rotatable bonds is 1. The van der Waals surface area contributed by atoms with Gasteiger partial charge < -0.3 is 0 Å². The molecule has 0 N–H and O–H groups in total. The van der Waals surface area contributed by atoms with Crippen LogP contribution in [-0.2, 0) is 0 Å². The van der Waals surface area contributed by atoms with Gasteiger partial charge in [0.1, 0.15) is 0 Å². The molecule has 0 saturated heterocycles. The summed E-state index contributed by atoms with van der Waals surface area (Å²) in [6.45, 7) is 18.1. The van der Waals surface area contributed by atoms with E-state index >= 15 is 0 Å². The molecule has 0 unspecified atom stereocenters. The van der Waals surface area contributed by atoms with Crippen molar-refractivity contribution in [3.63, 3.8) is 0 Å². The van der Waals surface area contributed by atoms with Crippen molar-refractivity contribution in [3.8, 4) is 11.3 Å². The van der Waals surface area contributed by atoms with E-state index in [9.17, 15) is 0 Å². The lowest BCUT2D eigenvalue weighted by molar-refractivity contribution is 1.26. The van der Waals surface area contributed by atoms with E-state index in [2.05, 4.69) is 94.7 Å². The minimum absolute atomic E-state index is 1.08. The average molecular weight is 360 g/mol. The molecule has 1 heteroatoms. The molecular formula is C26H33N. The van der Waals surface area contributed by atoms with Crippen molar-refractivity contribution >= 4 is 0 Å². The van der Waals surface area contributed by atoms with Crippen molar-refractivity contribution in [1.82, 2.24) is 4.98 Å². The highest BCUT2D eigenvalue weighted by Gasteiger charge is 2.03. The van der Waals surface area contributed by atoms with Crippen LogP contribution in [0, 0.1) is 34.6 Å². The van der Waals surface area contributed by atoms with E-state index in [0.29, 0.717) is 0 Å². The zero-order valence-electron chi connectivity index (χ0n) is 17.9. The van der Waals surface area contributed by atoms with Crippen LogP contribution in [0.5, 0.6) is 0 Å². The largest absolute Gasteiger partial charge is 0.256 e. The molecule has 1 nitrogen and oxygen atoms in total. The average Bonchev–Trinajstić information content (AvgIpc) is 2.58. The molecule has 3 rings (SSSR count). The third kappa shape index (κ3) is 8.50. The highest BCUT2D eigenvalue weighted by molar-refractivity contribution is 5.64. The summed E-state index contributed by atoms with van der Waals surface area (Å²) in [5.74, 6) is 0. The fourth-order valence-electron chi connectivity index (χ4n) is 2.48. The second kappa shape index (κ2) is 11.1. The van der Waals surface area contributed by atoms with Crippen molar-refractivity contribution < 1.29 is 0 Å². The van der Waals surface area contributed by atoms with Gasteiger partial charge in [0.2, 0.25) is 0 Å². The van der Waals surface area contributed by atoms with Crippen LogP contribution in [0.25, 0.3) is 11.3 Å². The maximum Gasteiger partial charge on any atom is 0.0731 e. The van der Waals surface area contributed by atoms with Gasteiger partial charge in [-0.15, -0.1) is 6.58 Å². The Hall–Kier alpha value is -2.67. The minimum Gasteiger partial charge on any atom is -0.256 e. The lowest BCUT2D eigenvalue weighted by atomic mass is 10.0. The lowest BCUT2D eigenvalue weighted by Crippen LogP contribution is -1.89. The second-order valence-corrected chi connectivity index (χ2v) is 7.33. The number of nitrogens with zero attached hydrogens (tertiary/aromatic N) is 1. The van der Waals surface area contributed by atoms with Crippen molar-refractivity contribution in [2.24, 2.45) is 0 Å². The third-order valence-electron chi connectivity index (χ3n) is 3.96. The molecular weight excluding hydrogens is 326 g/mol. The first-order valence-electron chi connectivity index (χ1n) is 9.35. The van der Waals surface area contributed by atoms with Crippen molar-refractivity contribution in [2.75, 3.05) is 0 Å². The van der Waals surface area contributed by atoms with Gasteiger partial charge in [-0.2, -0.15) is 0 Å².